The zero-order valence-electron chi connectivity index (χ0n) is 2.30. The molecule has 5 heavy (non-hydrogen) atoms. The van der Waals surface area contributed by atoms with E-state index in [1.807, 2.05) is 0 Å². The molecular weight excluding hydrogens is 108 g/mol. The molecule has 0 N–H and O–H groups in total. The summed E-state index contributed by atoms with van der Waals surface area (Å²) in [4.78, 5) is 7.75. The van der Waals surface area contributed by atoms with Crippen LogP contribution in [-0.2, 0) is 30.5 Å². The molecule has 0 saturated carbocycles. The molecule has 0 aliphatic heterocycles. The van der Waals surface area contributed by atoms with Crippen molar-refractivity contribution in [3.63, 3.8) is 0 Å². The van der Waals surface area contributed by atoms with E-state index in [0.29, 0.717) is 0 Å². The van der Waals surface area contributed by atoms with Crippen molar-refractivity contribution >= 4 is 6.79 Å². The van der Waals surface area contributed by atoms with Crippen LogP contribution in [0.5, 0.6) is 0 Å². The Balaban J connectivity index is 0. The van der Waals surface area contributed by atoms with Gasteiger partial charge in [-0.1, -0.05) is 0 Å². The van der Waals surface area contributed by atoms with E-state index >= 15 is 0 Å². The van der Waals surface area contributed by atoms with Gasteiger partial charge in [0.1, 0.15) is 0 Å². The Morgan fingerprint density at radius 1 is 1.20 bits per heavy atom. The average Bonchev–Trinajstić information content (AvgIpc) is 1.46. The van der Waals surface area contributed by atoms with E-state index < -0.39 is 19.1 Å². The second-order valence-corrected chi connectivity index (χ2v) is 0.344. The van der Waals surface area contributed by atoms with Crippen LogP contribution in [0.25, 0.3) is 0 Å². The maximum atomic E-state index is 8.50. The summed E-state index contributed by atoms with van der Waals surface area (Å²) in [6, 6.07) is 0. The molecule has 0 saturated heterocycles. The molecule has 0 atom stereocenters. The molecule has 0 rings (SSSR count). The normalized spacial score (nSPS) is 2.40. The van der Waals surface area contributed by atoms with E-state index in [4.69, 9.17) is 11.4 Å². The van der Waals surface area contributed by atoms with Crippen LogP contribution >= 0.6 is 0 Å². The molecular formula is CHO3Ti-. The van der Waals surface area contributed by atoms with E-state index in [0.717, 1.165) is 0 Å². The summed E-state index contributed by atoms with van der Waals surface area (Å²) < 4.78 is 17.0. The Labute approximate surface area is 37.9 Å². The van der Waals surface area contributed by atoms with Gasteiger partial charge in [0.15, 0.2) is 0 Å². The van der Waals surface area contributed by atoms with Crippen LogP contribution in [0, 0.1) is 0 Å². The molecule has 0 aromatic carbocycles. The van der Waals surface area contributed by atoms with Crippen molar-refractivity contribution in [2.45, 2.75) is 0 Å². The van der Waals surface area contributed by atoms with Crippen LogP contribution < -0.4 is 0 Å². The zero-order chi connectivity index (χ0) is 4.71. The minimum atomic E-state index is -2.00. The molecule has 0 fully saturated rings. The first kappa shape index (κ1) is 8.88. The van der Waals surface area contributed by atoms with Gasteiger partial charge in [-0.15, -0.1) is 0 Å². The van der Waals surface area contributed by atoms with Gasteiger partial charge < -0.3 is 4.79 Å². The van der Waals surface area contributed by atoms with Gasteiger partial charge in [0.2, 0.25) is 0 Å². The zero-order valence-corrected chi connectivity index (χ0v) is 3.86. The molecule has 0 aromatic heterocycles. The van der Waals surface area contributed by atoms with Crippen LogP contribution in [0.15, 0.2) is 0 Å². The van der Waals surface area contributed by atoms with Crippen LogP contribution in [0.1, 0.15) is 0 Å². The topological polar surface area (TPSA) is 51.2 Å². The summed E-state index contributed by atoms with van der Waals surface area (Å²) in [7, 11) is 0. The molecule has 0 bridgehead atoms. The SMILES string of the molecule is [CH-]=O.[O]=[Ti]=[O]. The Morgan fingerprint density at radius 2 is 1.20 bits per heavy atom. The molecule has 3 nitrogen and oxygen atoms in total. The molecule has 0 heterocycles. The van der Waals surface area contributed by atoms with Crippen molar-refractivity contribution in [1.82, 2.24) is 0 Å². The van der Waals surface area contributed by atoms with E-state index in [-0.39, 0.29) is 0 Å². The van der Waals surface area contributed by atoms with Crippen LogP contribution in [0.2, 0.25) is 0 Å². The first-order valence-electron chi connectivity index (χ1n) is 0.644. The van der Waals surface area contributed by atoms with Gasteiger partial charge in [0, 0.05) is 0 Å². The Hall–Kier alpha value is -0.0157. The standard InChI is InChI=1S/CHO.2O.Ti/c1-2;;;/h1H;;;/q-1;;;. The van der Waals surface area contributed by atoms with Gasteiger partial charge in [-0.05, 0) is 0 Å². The second-order valence-electron chi connectivity index (χ2n) is 0.0833. The van der Waals surface area contributed by atoms with E-state index in [2.05, 4.69) is 6.79 Å². The predicted molar refractivity (Wildman–Crippen MR) is 8.12 cm³/mol. The molecule has 4 heteroatoms. The molecule has 0 unspecified atom stereocenters. The molecule has 28 valence electrons. The Morgan fingerprint density at radius 3 is 1.20 bits per heavy atom. The monoisotopic (exact) mass is 109 g/mol. The van der Waals surface area contributed by atoms with Crippen molar-refractivity contribution < 1.29 is 30.5 Å². The third-order valence-corrected chi connectivity index (χ3v) is 0. The molecule has 0 aliphatic carbocycles. The van der Waals surface area contributed by atoms with Crippen molar-refractivity contribution in [2.75, 3.05) is 0 Å². The van der Waals surface area contributed by atoms with E-state index in [1.54, 1.807) is 0 Å². The summed E-state index contributed by atoms with van der Waals surface area (Å²) in [6.07, 6.45) is 0. The van der Waals surface area contributed by atoms with Crippen LogP contribution in [0.4, 0.5) is 0 Å². The molecule has 0 radical (unpaired) electrons. The average molecular weight is 109 g/mol. The Bertz CT molecular complexity index is 36.2. The fourth-order valence-electron chi connectivity index (χ4n) is 0. The number of rotatable bonds is 0. The number of hydrogen-bond acceptors (Lipinski definition) is 3. The Kier molecular flexibility index (Phi) is 65.1. The van der Waals surface area contributed by atoms with Gasteiger partial charge in [-0.25, -0.2) is 0 Å². The van der Waals surface area contributed by atoms with E-state index in [1.165, 1.54) is 0 Å². The van der Waals surface area contributed by atoms with Crippen molar-refractivity contribution in [1.29, 1.82) is 0 Å². The van der Waals surface area contributed by atoms with Gasteiger partial charge in [-0.2, -0.15) is 0 Å². The quantitative estimate of drug-likeness (QED) is 0.239. The summed E-state index contributed by atoms with van der Waals surface area (Å²) >= 11 is -2.00. The van der Waals surface area contributed by atoms with Gasteiger partial charge in [-0.3, -0.25) is 6.79 Å². The molecule has 0 aromatic rings. The molecule has 0 amide bonds. The summed E-state index contributed by atoms with van der Waals surface area (Å²) in [5.74, 6) is 0. The third-order valence-electron chi connectivity index (χ3n) is 0. The first-order chi connectivity index (χ1) is 2.41. The van der Waals surface area contributed by atoms with Gasteiger partial charge in [0.05, 0.1) is 0 Å². The first-order valence-corrected chi connectivity index (χ1v) is 1.92. The van der Waals surface area contributed by atoms with Crippen molar-refractivity contribution in [2.24, 2.45) is 0 Å². The maximum absolute atomic E-state index is 8.50. The minimum absolute atomic E-state index is 2.00. The second kappa shape index (κ2) is 36.6. The summed E-state index contributed by atoms with van der Waals surface area (Å²) in [6.45, 7) is 3.25. The third kappa shape index (κ3) is 63500. The van der Waals surface area contributed by atoms with Crippen molar-refractivity contribution in [3.05, 3.63) is 0 Å². The summed E-state index contributed by atoms with van der Waals surface area (Å²) in [5, 5.41) is 0. The number of carbonyl (C=O) groups excluding carboxylic acids is 1. The van der Waals surface area contributed by atoms with Crippen molar-refractivity contribution in [3.8, 4) is 0 Å². The number of hydrogen-bond donors (Lipinski definition) is 0. The van der Waals surface area contributed by atoms with E-state index in [9.17, 15) is 0 Å². The van der Waals surface area contributed by atoms with Gasteiger partial charge >= 0.3 is 25.7 Å². The molecule has 0 aliphatic rings. The van der Waals surface area contributed by atoms with Gasteiger partial charge in [0.25, 0.3) is 0 Å². The van der Waals surface area contributed by atoms with Crippen LogP contribution in [-0.4, -0.2) is 6.79 Å². The van der Waals surface area contributed by atoms with Crippen LogP contribution in [0.3, 0.4) is 0 Å². The summed E-state index contributed by atoms with van der Waals surface area (Å²) in [5.41, 5.74) is 0. The fourth-order valence-corrected chi connectivity index (χ4v) is 0. The fraction of sp³-hybridized carbons (Fsp3) is 0. The predicted octanol–water partition coefficient (Wildman–Crippen LogP) is -0.514. The molecule has 0 spiro atoms.